The molecule has 2 aromatic heterocycles. The van der Waals surface area contributed by atoms with E-state index in [1.807, 2.05) is 6.92 Å². The summed E-state index contributed by atoms with van der Waals surface area (Å²) in [4.78, 5) is 33.2. The molecule has 6 nitrogen and oxygen atoms in total. The molecule has 2 heterocycles. The highest BCUT2D eigenvalue weighted by molar-refractivity contribution is 5.69. The first kappa shape index (κ1) is 11.3. The zero-order valence-corrected chi connectivity index (χ0v) is 10.5. The fourth-order valence-electron chi connectivity index (χ4n) is 2.39. The smallest absolute Gasteiger partial charge is 0.330 e. The molecule has 1 atom stereocenters. The molecule has 0 aliphatic heterocycles. The van der Waals surface area contributed by atoms with Crippen molar-refractivity contribution in [3.05, 3.63) is 26.7 Å². The van der Waals surface area contributed by atoms with Crippen molar-refractivity contribution in [2.75, 3.05) is 0 Å². The van der Waals surface area contributed by atoms with Crippen LogP contribution in [0.1, 0.15) is 38.4 Å². The second-order valence-corrected chi connectivity index (χ2v) is 4.95. The first-order valence-corrected chi connectivity index (χ1v) is 6.34. The number of aromatic amines is 2. The van der Waals surface area contributed by atoms with Gasteiger partial charge in [-0.05, 0) is 25.7 Å². The number of rotatable bonds is 3. The number of fused-ring (bicyclic) bond motifs is 1. The average molecular weight is 248 g/mol. The van der Waals surface area contributed by atoms with Gasteiger partial charge in [-0.3, -0.25) is 14.3 Å². The summed E-state index contributed by atoms with van der Waals surface area (Å²) in [5.41, 5.74) is 0.0845. The minimum absolute atomic E-state index is 0.317. The fraction of sp³-hybridized carbons (Fsp3) is 0.583. The van der Waals surface area contributed by atoms with Crippen molar-refractivity contribution >= 4 is 11.2 Å². The van der Waals surface area contributed by atoms with E-state index >= 15 is 0 Å². The molecule has 1 aliphatic rings. The molecule has 0 radical (unpaired) electrons. The van der Waals surface area contributed by atoms with E-state index in [-0.39, 0.29) is 5.56 Å². The lowest BCUT2D eigenvalue weighted by Crippen LogP contribution is -2.29. The number of nitrogens with zero attached hydrogens (tertiary/aromatic N) is 2. The van der Waals surface area contributed by atoms with Gasteiger partial charge in [-0.1, -0.05) is 6.92 Å². The Labute approximate surface area is 103 Å². The Kier molecular flexibility index (Phi) is 2.39. The lowest BCUT2D eigenvalue weighted by atomic mass is 10.1. The molecule has 96 valence electrons. The number of hydrogen-bond acceptors (Lipinski definition) is 3. The molecule has 1 aliphatic carbocycles. The Morgan fingerprint density at radius 1 is 1.39 bits per heavy atom. The fourth-order valence-corrected chi connectivity index (χ4v) is 2.39. The highest BCUT2D eigenvalue weighted by Gasteiger charge is 2.31. The summed E-state index contributed by atoms with van der Waals surface area (Å²) in [6, 6.07) is 0. The van der Waals surface area contributed by atoms with Crippen molar-refractivity contribution < 1.29 is 0 Å². The zero-order chi connectivity index (χ0) is 12.9. The molecule has 6 heteroatoms. The Hall–Kier alpha value is -1.85. The molecule has 0 spiro atoms. The number of aromatic nitrogens is 4. The van der Waals surface area contributed by atoms with E-state index in [1.54, 1.807) is 0 Å². The summed E-state index contributed by atoms with van der Waals surface area (Å²) in [6.07, 6.45) is 2.43. The SMILES string of the molecule is CCn1c(=O)[nH]c(=O)c2[nH]c(C(C)C3CC3)nc21. The van der Waals surface area contributed by atoms with Gasteiger partial charge in [-0.2, -0.15) is 0 Å². The van der Waals surface area contributed by atoms with E-state index < -0.39 is 5.69 Å². The molecule has 0 aromatic carbocycles. The Morgan fingerprint density at radius 2 is 2.11 bits per heavy atom. The third-order valence-corrected chi connectivity index (χ3v) is 3.73. The van der Waals surface area contributed by atoms with Crippen molar-refractivity contribution in [3.63, 3.8) is 0 Å². The summed E-state index contributed by atoms with van der Waals surface area (Å²) in [5, 5.41) is 0. The summed E-state index contributed by atoms with van der Waals surface area (Å²) in [7, 11) is 0. The molecular formula is C12H16N4O2. The van der Waals surface area contributed by atoms with E-state index in [4.69, 9.17) is 0 Å². The van der Waals surface area contributed by atoms with Crippen LogP contribution in [0.2, 0.25) is 0 Å². The summed E-state index contributed by atoms with van der Waals surface area (Å²) in [5.74, 6) is 1.79. The quantitative estimate of drug-likeness (QED) is 0.848. The van der Waals surface area contributed by atoms with Crippen molar-refractivity contribution in [2.24, 2.45) is 5.92 Å². The van der Waals surface area contributed by atoms with Gasteiger partial charge in [0.25, 0.3) is 5.56 Å². The van der Waals surface area contributed by atoms with Gasteiger partial charge >= 0.3 is 5.69 Å². The van der Waals surface area contributed by atoms with Gasteiger partial charge in [-0.25, -0.2) is 9.78 Å². The van der Waals surface area contributed by atoms with Gasteiger partial charge in [0.2, 0.25) is 0 Å². The van der Waals surface area contributed by atoms with Gasteiger partial charge in [-0.15, -0.1) is 0 Å². The van der Waals surface area contributed by atoms with Gasteiger partial charge in [0.15, 0.2) is 5.65 Å². The maximum absolute atomic E-state index is 11.7. The first-order chi connectivity index (χ1) is 8.61. The van der Waals surface area contributed by atoms with Crippen LogP contribution in [-0.2, 0) is 6.54 Å². The van der Waals surface area contributed by atoms with Crippen molar-refractivity contribution in [3.8, 4) is 0 Å². The van der Waals surface area contributed by atoms with Crippen LogP contribution in [0, 0.1) is 5.92 Å². The lowest BCUT2D eigenvalue weighted by molar-refractivity contribution is 0.628. The topological polar surface area (TPSA) is 83.5 Å². The maximum atomic E-state index is 11.7. The number of aryl methyl sites for hydroxylation is 1. The highest BCUT2D eigenvalue weighted by Crippen LogP contribution is 2.41. The molecule has 0 amide bonds. The molecule has 3 rings (SSSR count). The average Bonchev–Trinajstić information content (AvgIpc) is 3.08. The monoisotopic (exact) mass is 248 g/mol. The standard InChI is InChI=1S/C12H16N4O2/c1-3-16-10-8(11(17)15-12(16)18)13-9(14-10)6(2)7-4-5-7/h6-7H,3-5H2,1-2H3,(H,13,14)(H,15,17,18). The molecule has 2 N–H and O–H groups in total. The van der Waals surface area contributed by atoms with Gasteiger partial charge < -0.3 is 4.98 Å². The largest absolute Gasteiger partial charge is 0.336 e. The molecule has 2 aromatic rings. The molecule has 1 fully saturated rings. The van der Waals surface area contributed by atoms with Gasteiger partial charge in [0.05, 0.1) is 0 Å². The zero-order valence-electron chi connectivity index (χ0n) is 10.5. The summed E-state index contributed by atoms with van der Waals surface area (Å²) < 4.78 is 1.48. The minimum Gasteiger partial charge on any atom is -0.336 e. The van der Waals surface area contributed by atoms with Crippen LogP contribution < -0.4 is 11.2 Å². The third-order valence-electron chi connectivity index (χ3n) is 3.73. The summed E-state index contributed by atoms with van der Waals surface area (Å²) in [6.45, 7) is 4.46. The van der Waals surface area contributed by atoms with Crippen molar-refractivity contribution in [1.29, 1.82) is 0 Å². The maximum Gasteiger partial charge on any atom is 0.330 e. The summed E-state index contributed by atoms with van der Waals surface area (Å²) >= 11 is 0. The van der Waals surface area contributed by atoms with Gasteiger partial charge in [0, 0.05) is 12.5 Å². The predicted octanol–water partition coefficient (Wildman–Crippen LogP) is 0.946. The Balaban J connectivity index is 2.24. The van der Waals surface area contributed by atoms with Crippen molar-refractivity contribution in [2.45, 2.75) is 39.2 Å². The highest BCUT2D eigenvalue weighted by atomic mass is 16.2. The van der Waals surface area contributed by atoms with Crippen LogP contribution >= 0.6 is 0 Å². The second kappa shape index (κ2) is 3.83. The Morgan fingerprint density at radius 3 is 2.72 bits per heavy atom. The second-order valence-electron chi connectivity index (χ2n) is 4.95. The Bertz CT molecular complexity index is 705. The van der Waals surface area contributed by atoms with E-state index in [0.29, 0.717) is 29.5 Å². The predicted molar refractivity (Wildman–Crippen MR) is 67.8 cm³/mol. The van der Waals surface area contributed by atoms with Crippen LogP contribution in [0.3, 0.4) is 0 Å². The molecule has 1 saturated carbocycles. The molecular weight excluding hydrogens is 232 g/mol. The van der Waals surface area contributed by atoms with Crippen LogP contribution in [-0.4, -0.2) is 19.5 Å². The van der Waals surface area contributed by atoms with E-state index in [1.165, 1.54) is 17.4 Å². The molecule has 0 bridgehead atoms. The van der Waals surface area contributed by atoms with Crippen LogP contribution in [0.4, 0.5) is 0 Å². The molecule has 18 heavy (non-hydrogen) atoms. The number of nitrogens with one attached hydrogen (secondary N) is 2. The molecule has 1 unspecified atom stereocenters. The van der Waals surface area contributed by atoms with E-state index in [9.17, 15) is 9.59 Å². The van der Waals surface area contributed by atoms with Crippen LogP contribution in [0.15, 0.2) is 9.59 Å². The number of H-pyrrole nitrogens is 2. The number of imidazole rings is 1. The van der Waals surface area contributed by atoms with Crippen LogP contribution in [0.25, 0.3) is 11.2 Å². The normalized spacial score (nSPS) is 17.2. The first-order valence-electron chi connectivity index (χ1n) is 6.34. The third kappa shape index (κ3) is 1.60. The number of hydrogen-bond donors (Lipinski definition) is 2. The van der Waals surface area contributed by atoms with Crippen molar-refractivity contribution in [1.82, 2.24) is 19.5 Å². The lowest BCUT2D eigenvalue weighted by Gasteiger charge is -2.04. The molecule has 0 saturated heterocycles. The van der Waals surface area contributed by atoms with E-state index in [0.717, 1.165) is 5.82 Å². The van der Waals surface area contributed by atoms with Gasteiger partial charge in [0.1, 0.15) is 11.3 Å². The minimum atomic E-state index is -0.396. The van der Waals surface area contributed by atoms with E-state index in [2.05, 4.69) is 21.9 Å². The van der Waals surface area contributed by atoms with Crippen LogP contribution in [0.5, 0.6) is 0 Å².